The highest BCUT2D eigenvalue weighted by molar-refractivity contribution is 5.91. The van der Waals surface area contributed by atoms with E-state index in [1.807, 2.05) is 30.3 Å². The van der Waals surface area contributed by atoms with Gasteiger partial charge in [0, 0.05) is 24.4 Å². The Bertz CT molecular complexity index is 1100. The summed E-state index contributed by atoms with van der Waals surface area (Å²) in [6.07, 6.45) is 15.2. The lowest BCUT2D eigenvalue weighted by Gasteiger charge is -2.36. The van der Waals surface area contributed by atoms with Crippen LogP contribution in [0.3, 0.4) is 0 Å². The van der Waals surface area contributed by atoms with Crippen LogP contribution in [0, 0.1) is 5.92 Å². The van der Waals surface area contributed by atoms with Crippen molar-refractivity contribution in [2.45, 2.75) is 114 Å². The standard InChI is InChI=1S/C33H44N2O4/c36-31(37)30(35-32(38)33(19-8-1-2-9-20-33)26-11-4-3-5-12-26)18-21-39-28-22-24(23-28)14-16-27-17-15-25-10-6-7-13-29(25)34-27/h3-5,11-12,15,17,24,28,30H,1-2,6-10,13-14,16,18-23H2,(H,35,38)(H,36,37)/t24?,28?,30-/m0/s1. The van der Waals surface area contributed by atoms with Crippen LogP contribution >= 0.6 is 0 Å². The van der Waals surface area contributed by atoms with Gasteiger partial charge in [0.2, 0.25) is 5.91 Å². The first-order chi connectivity index (χ1) is 19.0. The second-order valence-electron chi connectivity index (χ2n) is 12.0. The average molecular weight is 533 g/mol. The molecule has 6 heteroatoms. The summed E-state index contributed by atoms with van der Waals surface area (Å²) >= 11 is 0. The van der Waals surface area contributed by atoms with Gasteiger partial charge in [-0.1, -0.05) is 62.1 Å². The van der Waals surface area contributed by atoms with Crippen molar-refractivity contribution in [1.29, 1.82) is 0 Å². The molecule has 0 spiro atoms. The van der Waals surface area contributed by atoms with Crippen LogP contribution in [-0.2, 0) is 39.0 Å². The second kappa shape index (κ2) is 13.1. The van der Waals surface area contributed by atoms with Gasteiger partial charge in [0.1, 0.15) is 6.04 Å². The Balaban J connectivity index is 1.07. The normalized spacial score (nSPS) is 23.1. The fourth-order valence-corrected chi connectivity index (χ4v) is 6.81. The van der Waals surface area contributed by atoms with Crippen LogP contribution in [0.1, 0.15) is 99.6 Å². The monoisotopic (exact) mass is 532 g/mol. The van der Waals surface area contributed by atoms with Crippen molar-refractivity contribution in [3.8, 4) is 0 Å². The number of carboxylic acids is 1. The molecule has 2 fully saturated rings. The van der Waals surface area contributed by atoms with Crippen LogP contribution < -0.4 is 5.32 Å². The molecule has 1 aromatic heterocycles. The van der Waals surface area contributed by atoms with Gasteiger partial charge in [0.05, 0.1) is 11.5 Å². The van der Waals surface area contributed by atoms with Gasteiger partial charge in [-0.15, -0.1) is 0 Å². The Morgan fingerprint density at radius 2 is 1.72 bits per heavy atom. The van der Waals surface area contributed by atoms with E-state index in [4.69, 9.17) is 9.72 Å². The summed E-state index contributed by atoms with van der Waals surface area (Å²) in [6.45, 7) is 0.347. The first-order valence-electron chi connectivity index (χ1n) is 15.2. The van der Waals surface area contributed by atoms with Crippen LogP contribution in [0.4, 0.5) is 0 Å². The maximum atomic E-state index is 13.6. The molecule has 6 nitrogen and oxygen atoms in total. The zero-order chi connectivity index (χ0) is 27.1. The highest BCUT2D eigenvalue weighted by Gasteiger charge is 2.41. The zero-order valence-corrected chi connectivity index (χ0v) is 23.2. The van der Waals surface area contributed by atoms with E-state index in [1.54, 1.807) is 0 Å². The van der Waals surface area contributed by atoms with Crippen molar-refractivity contribution in [2.75, 3.05) is 6.61 Å². The number of nitrogens with zero attached hydrogens (tertiary/aromatic N) is 1. The third kappa shape index (κ3) is 6.89. The van der Waals surface area contributed by atoms with Crippen LogP contribution in [-0.4, -0.2) is 40.7 Å². The van der Waals surface area contributed by atoms with E-state index >= 15 is 0 Å². The summed E-state index contributed by atoms with van der Waals surface area (Å²) in [6, 6.07) is 13.5. The Morgan fingerprint density at radius 1 is 0.974 bits per heavy atom. The van der Waals surface area contributed by atoms with Crippen LogP contribution in [0.2, 0.25) is 0 Å². The predicted octanol–water partition coefficient (Wildman–Crippen LogP) is 5.94. The third-order valence-electron chi connectivity index (χ3n) is 9.32. The number of pyridine rings is 1. The maximum absolute atomic E-state index is 13.6. The number of rotatable bonds is 11. The number of nitrogens with one attached hydrogen (secondary N) is 1. The van der Waals surface area contributed by atoms with Gasteiger partial charge in [-0.2, -0.15) is 0 Å². The second-order valence-corrected chi connectivity index (χ2v) is 12.0. The minimum absolute atomic E-state index is 0.150. The van der Waals surface area contributed by atoms with Gasteiger partial charge in [-0.25, -0.2) is 4.79 Å². The van der Waals surface area contributed by atoms with Crippen molar-refractivity contribution in [3.63, 3.8) is 0 Å². The summed E-state index contributed by atoms with van der Waals surface area (Å²) < 4.78 is 6.04. The molecule has 2 aromatic rings. The molecule has 0 bridgehead atoms. The Morgan fingerprint density at radius 3 is 2.46 bits per heavy atom. The lowest BCUT2D eigenvalue weighted by atomic mass is 9.73. The number of ether oxygens (including phenoxy) is 1. The number of carboxylic acid groups (broad SMARTS) is 1. The molecule has 0 unspecified atom stereocenters. The molecule has 39 heavy (non-hydrogen) atoms. The Labute approximate surface area is 233 Å². The zero-order valence-electron chi connectivity index (χ0n) is 23.2. The van der Waals surface area contributed by atoms with Gasteiger partial charge >= 0.3 is 5.97 Å². The fraction of sp³-hybridized carbons (Fsp3) is 0.606. The molecule has 1 heterocycles. The number of carbonyl (C=O) groups excluding carboxylic acids is 1. The largest absolute Gasteiger partial charge is 0.480 e. The number of fused-ring (bicyclic) bond motifs is 1. The number of hydrogen-bond donors (Lipinski definition) is 2. The topological polar surface area (TPSA) is 88.5 Å². The number of hydrogen-bond acceptors (Lipinski definition) is 4. The van der Waals surface area contributed by atoms with E-state index in [-0.39, 0.29) is 18.4 Å². The van der Waals surface area contributed by atoms with Gasteiger partial charge in [-0.05, 0) is 87.3 Å². The predicted molar refractivity (Wildman–Crippen MR) is 152 cm³/mol. The molecule has 3 aliphatic rings. The Kier molecular flexibility index (Phi) is 9.33. The number of aromatic nitrogens is 1. The van der Waals surface area contributed by atoms with Crippen LogP contribution in [0.25, 0.3) is 0 Å². The summed E-state index contributed by atoms with van der Waals surface area (Å²) in [4.78, 5) is 30.6. The van der Waals surface area contributed by atoms with Crippen LogP contribution in [0.15, 0.2) is 42.5 Å². The molecule has 0 saturated heterocycles. The average Bonchev–Trinajstić information content (AvgIpc) is 3.20. The molecule has 1 amide bonds. The van der Waals surface area contributed by atoms with Gasteiger partial charge < -0.3 is 15.2 Å². The fourth-order valence-electron chi connectivity index (χ4n) is 6.81. The van der Waals surface area contributed by atoms with E-state index in [1.165, 1.54) is 36.2 Å². The highest BCUT2D eigenvalue weighted by Crippen LogP contribution is 2.39. The molecule has 3 aliphatic carbocycles. The number of amides is 1. The minimum atomic E-state index is -0.993. The lowest BCUT2D eigenvalue weighted by molar-refractivity contribution is -0.144. The number of aryl methyl sites for hydroxylation is 3. The molecule has 2 saturated carbocycles. The smallest absolute Gasteiger partial charge is 0.326 e. The summed E-state index contributed by atoms with van der Waals surface area (Å²) in [5.41, 5.74) is 4.29. The summed E-state index contributed by atoms with van der Waals surface area (Å²) in [7, 11) is 0. The van der Waals surface area contributed by atoms with Crippen molar-refractivity contribution in [1.82, 2.24) is 10.3 Å². The first-order valence-corrected chi connectivity index (χ1v) is 15.2. The van der Waals surface area contributed by atoms with Crippen molar-refractivity contribution >= 4 is 11.9 Å². The molecule has 0 aliphatic heterocycles. The minimum Gasteiger partial charge on any atom is -0.480 e. The molecular formula is C33H44N2O4. The third-order valence-corrected chi connectivity index (χ3v) is 9.32. The van der Waals surface area contributed by atoms with Crippen LogP contribution in [0.5, 0.6) is 0 Å². The molecule has 0 radical (unpaired) electrons. The van der Waals surface area contributed by atoms with Gasteiger partial charge in [-0.3, -0.25) is 9.78 Å². The van der Waals surface area contributed by atoms with E-state index in [0.717, 1.165) is 76.2 Å². The Hall–Kier alpha value is -2.73. The molecule has 1 atom stereocenters. The molecule has 5 rings (SSSR count). The maximum Gasteiger partial charge on any atom is 0.326 e. The number of benzene rings is 1. The van der Waals surface area contributed by atoms with E-state index < -0.39 is 17.4 Å². The first kappa shape index (κ1) is 27.8. The SMILES string of the molecule is O=C(O)[C@H](CCOC1CC(CCc2ccc3c(n2)CCCC3)C1)NC(=O)C1(c2ccccc2)CCCCCC1. The van der Waals surface area contributed by atoms with E-state index in [9.17, 15) is 14.7 Å². The van der Waals surface area contributed by atoms with Crippen molar-refractivity contribution < 1.29 is 19.4 Å². The molecular weight excluding hydrogens is 488 g/mol. The lowest BCUT2D eigenvalue weighted by Crippen LogP contribution is -2.51. The number of aliphatic carboxylic acids is 1. The van der Waals surface area contributed by atoms with E-state index in [0.29, 0.717) is 12.5 Å². The molecule has 210 valence electrons. The van der Waals surface area contributed by atoms with Gasteiger partial charge in [0.25, 0.3) is 0 Å². The van der Waals surface area contributed by atoms with E-state index in [2.05, 4.69) is 17.4 Å². The molecule has 2 N–H and O–H groups in total. The number of carbonyl (C=O) groups is 2. The highest BCUT2D eigenvalue weighted by atomic mass is 16.5. The molecule has 1 aromatic carbocycles. The van der Waals surface area contributed by atoms with Gasteiger partial charge in [0.15, 0.2) is 0 Å². The summed E-state index contributed by atoms with van der Waals surface area (Å²) in [5, 5.41) is 12.8. The quantitative estimate of drug-likeness (QED) is 0.350. The summed E-state index contributed by atoms with van der Waals surface area (Å²) in [5.74, 6) is -0.501. The van der Waals surface area contributed by atoms with Crippen molar-refractivity contribution in [3.05, 3.63) is 65.0 Å². The van der Waals surface area contributed by atoms with Crippen molar-refractivity contribution in [2.24, 2.45) is 5.92 Å².